The predicted molar refractivity (Wildman–Crippen MR) is 133 cm³/mol. The number of anilines is 1. The van der Waals surface area contributed by atoms with E-state index < -0.39 is 0 Å². The average Bonchev–Trinajstić information content (AvgIpc) is 3.61. The first kappa shape index (κ1) is 20.7. The van der Waals surface area contributed by atoms with Gasteiger partial charge in [0.25, 0.3) is 0 Å². The molecule has 2 fully saturated rings. The van der Waals surface area contributed by atoms with Crippen molar-refractivity contribution in [2.45, 2.75) is 25.4 Å². The van der Waals surface area contributed by atoms with E-state index in [0.29, 0.717) is 12.8 Å². The third-order valence-electron chi connectivity index (χ3n) is 7.61. The fourth-order valence-electron chi connectivity index (χ4n) is 6.00. The summed E-state index contributed by atoms with van der Waals surface area (Å²) >= 11 is 0. The molecule has 0 bridgehead atoms. The topological polar surface area (TPSA) is 77.3 Å². The molecule has 2 aromatic heterocycles. The molecule has 1 unspecified atom stereocenters. The van der Waals surface area contributed by atoms with Crippen molar-refractivity contribution in [3.63, 3.8) is 0 Å². The lowest BCUT2D eigenvalue weighted by Gasteiger charge is -2.20. The van der Waals surface area contributed by atoms with Crippen LogP contribution in [0.15, 0.2) is 55.0 Å². The maximum absolute atomic E-state index is 5.53. The standard InChI is InChI=1S/C27H28N6O2/c1-32-13-21-7-18(3-4-24(21)31-32)22-10-28-27(29-11-22)30-23-8-19-14-33(15-20(19)9-23)12-17-2-5-25-26(6-17)35-16-34-25/h2-7,10-11,13,19-20,23H,8-9,12,14-16H2,1H3,(H,28,29,30)/t19-,20?,23+/m1/s1. The van der Waals surface area contributed by atoms with Crippen LogP contribution in [0.5, 0.6) is 11.5 Å². The van der Waals surface area contributed by atoms with Gasteiger partial charge in [-0.3, -0.25) is 9.58 Å². The molecule has 2 aromatic carbocycles. The molecule has 2 aliphatic heterocycles. The zero-order valence-electron chi connectivity index (χ0n) is 19.7. The number of aromatic nitrogens is 4. The van der Waals surface area contributed by atoms with Crippen molar-refractivity contribution in [1.29, 1.82) is 0 Å². The zero-order valence-corrected chi connectivity index (χ0v) is 19.7. The Morgan fingerprint density at radius 2 is 1.74 bits per heavy atom. The van der Waals surface area contributed by atoms with E-state index in [9.17, 15) is 0 Å². The van der Waals surface area contributed by atoms with Crippen LogP contribution in [0.2, 0.25) is 0 Å². The van der Waals surface area contributed by atoms with Crippen molar-refractivity contribution < 1.29 is 9.47 Å². The molecule has 7 rings (SSSR count). The number of nitrogens with zero attached hydrogens (tertiary/aromatic N) is 5. The van der Waals surface area contributed by atoms with Crippen molar-refractivity contribution in [3.05, 3.63) is 60.6 Å². The smallest absolute Gasteiger partial charge is 0.231 e. The van der Waals surface area contributed by atoms with Gasteiger partial charge in [0.1, 0.15) is 0 Å². The number of ether oxygens (including phenoxy) is 2. The lowest BCUT2D eigenvalue weighted by Crippen LogP contribution is -2.25. The number of hydrogen-bond acceptors (Lipinski definition) is 7. The van der Waals surface area contributed by atoms with Gasteiger partial charge in [-0.05, 0) is 60.1 Å². The van der Waals surface area contributed by atoms with E-state index in [1.807, 2.05) is 42.5 Å². The second-order valence-corrected chi connectivity index (χ2v) is 10.1. The normalized spacial score (nSPS) is 23.2. The van der Waals surface area contributed by atoms with Crippen LogP contribution in [0.4, 0.5) is 5.95 Å². The van der Waals surface area contributed by atoms with E-state index in [4.69, 9.17) is 9.47 Å². The van der Waals surface area contributed by atoms with Crippen molar-refractivity contribution in [1.82, 2.24) is 24.6 Å². The molecule has 3 atom stereocenters. The average molecular weight is 469 g/mol. The van der Waals surface area contributed by atoms with Crippen molar-refractivity contribution >= 4 is 16.9 Å². The fourth-order valence-corrected chi connectivity index (χ4v) is 6.00. The molecule has 1 saturated carbocycles. The van der Waals surface area contributed by atoms with Gasteiger partial charge in [-0.1, -0.05) is 12.1 Å². The SMILES string of the molecule is Cn1cc2cc(-c3cnc(N[C@@H]4CC5CN(Cc6ccc7c(c6)OCO7)C[C@H]5C4)nc3)ccc2n1. The Morgan fingerprint density at radius 3 is 2.57 bits per heavy atom. The number of nitrogens with one attached hydrogen (secondary N) is 1. The minimum atomic E-state index is 0.328. The number of benzene rings is 2. The van der Waals surface area contributed by atoms with Gasteiger partial charge in [0, 0.05) is 62.3 Å². The third-order valence-corrected chi connectivity index (χ3v) is 7.61. The highest BCUT2D eigenvalue weighted by atomic mass is 16.7. The van der Waals surface area contributed by atoms with Gasteiger partial charge in [0.05, 0.1) is 5.52 Å². The lowest BCUT2D eigenvalue weighted by molar-refractivity contribution is 0.174. The molecule has 0 radical (unpaired) electrons. The molecule has 0 spiro atoms. The summed E-state index contributed by atoms with van der Waals surface area (Å²) in [5.74, 6) is 3.90. The summed E-state index contributed by atoms with van der Waals surface area (Å²) in [6.45, 7) is 3.59. The van der Waals surface area contributed by atoms with Crippen LogP contribution in [-0.2, 0) is 13.6 Å². The van der Waals surface area contributed by atoms with Gasteiger partial charge in [-0.2, -0.15) is 5.10 Å². The number of hydrogen-bond donors (Lipinski definition) is 1. The molecule has 1 aliphatic carbocycles. The molecular formula is C27H28N6O2. The summed E-state index contributed by atoms with van der Waals surface area (Å²) in [6, 6.07) is 13.0. The fraction of sp³-hybridized carbons (Fsp3) is 0.370. The number of aryl methyl sites for hydroxylation is 1. The molecule has 1 N–H and O–H groups in total. The van der Waals surface area contributed by atoms with E-state index in [1.165, 1.54) is 18.4 Å². The molecule has 3 aliphatic rings. The second-order valence-electron chi connectivity index (χ2n) is 10.1. The molecule has 4 aromatic rings. The van der Waals surface area contributed by atoms with Crippen LogP contribution in [0, 0.1) is 11.8 Å². The Hall–Kier alpha value is -3.65. The molecule has 35 heavy (non-hydrogen) atoms. The van der Waals surface area contributed by atoms with Gasteiger partial charge in [-0.25, -0.2) is 9.97 Å². The summed E-state index contributed by atoms with van der Waals surface area (Å²) in [6.07, 6.45) is 8.20. The van der Waals surface area contributed by atoms with E-state index in [0.717, 1.165) is 70.9 Å². The van der Waals surface area contributed by atoms with Gasteiger partial charge >= 0.3 is 0 Å². The maximum Gasteiger partial charge on any atom is 0.231 e. The highest BCUT2D eigenvalue weighted by Gasteiger charge is 2.41. The lowest BCUT2D eigenvalue weighted by atomic mass is 10.0. The minimum Gasteiger partial charge on any atom is -0.454 e. The van der Waals surface area contributed by atoms with Crippen LogP contribution in [0.25, 0.3) is 22.0 Å². The van der Waals surface area contributed by atoms with Crippen LogP contribution in [0.3, 0.4) is 0 Å². The Kier molecular flexibility index (Phi) is 4.87. The summed E-state index contributed by atoms with van der Waals surface area (Å²) < 4.78 is 12.8. The molecule has 1 saturated heterocycles. The monoisotopic (exact) mass is 468 g/mol. The maximum atomic E-state index is 5.53. The minimum absolute atomic E-state index is 0.328. The van der Waals surface area contributed by atoms with Gasteiger partial charge in [0.2, 0.25) is 12.7 Å². The Balaban J connectivity index is 0.953. The third kappa shape index (κ3) is 3.97. The highest BCUT2D eigenvalue weighted by Crippen LogP contribution is 2.40. The largest absolute Gasteiger partial charge is 0.454 e. The van der Waals surface area contributed by atoms with Crippen LogP contribution >= 0.6 is 0 Å². The molecular weight excluding hydrogens is 440 g/mol. The summed E-state index contributed by atoms with van der Waals surface area (Å²) in [7, 11) is 1.94. The Bertz CT molecular complexity index is 1370. The number of likely N-dealkylation sites (tertiary alicyclic amines) is 1. The van der Waals surface area contributed by atoms with Crippen LogP contribution in [0.1, 0.15) is 18.4 Å². The molecule has 0 amide bonds. The van der Waals surface area contributed by atoms with Crippen LogP contribution < -0.4 is 14.8 Å². The van der Waals surface area contributed by atoms with Crippen molar-refractivity contribution in [2.24, 2.45) is 18.9 Å². The zero-order chi connectivity index (χ0) is 23.4. The molecule has 4 heterocycles. The van der Waals surface area contributed by atoms with Crippen molar-refractivity contribution in [2.75, 3.05) is 25.2 Å². The first-order valence-electron chi connectivity index (χ1n) is 12.3. The first-order chi connectivity index (χ1) is 17.2. The summed E-state index contributed by atoms with van der Waals surface area (Å²) in [5.41, 5.74) is 4.41. The van der Waals surface area contributed by atoms with E-state index in [1.54, 1.807) is 0 Å². The van der Waals surface area contributed by atoms with Gasteiger partial charge in [-0.15, -0.1) is 0 Å². The first-order valence-corrected chi connectivity index (χ1v) is 12.3. The van der Waals surface area contributed by atoms with E-state index in [-0.39, 0.29) is 0 Å². The van der Waals surface area contributed by atoms with E-state index in [2.05, 4.69) is 49.5 Å². The summed E-state index contributed by atoms with van der Waals surface area (Å²) in [5, 5.41) is 9.16. The summed E-state index contributed by atoms with van der Waals surface area (Å²) in [4.78, 5) is 11.8. The molecule has 178 valence electrons. The van der Waals surface area contributed by atoms with Gasteiger partial charge < -0.3 is 14.8 Å². The van der Waals surface area contributed by atoms with Crippen molar-refractivity contribution in [3.8, 4) is 22.6 Å². The Morgan fingerprint density at radius 1 is 0.943 bits per heavy atom. The van der Waals surface area contributed by atoms with Crippen LogP contribution in [-0.4, -0.2) is 50.6 Å². The number of rotatable bonds is 5. The predicted octanol–water partition coefficient (Wildman–Crippen LogP) is 4.08. The number of fused-ring (bicyclic) bond motifs is 3. The van der Waals surface area contributed by atoms with Gasteiger partial charge in [0.15, 0.2) is 11.5 Å². The highest BCUT2D eigenvalue weighted by molar-refractivity contribution is 5.83. The second kappa shape index (κ2) is 8.23. The molecule has 8 heteroatoms. The van der Waals surface area contributed by atoms with E-state index >= 15 is 0 Å². The molecule has 8 nitrogen and oxygen atoms in total. The Labute approximate surface area is 203 Å². The quantitative estimate of drug-likeness (QED) is 0.473.